The monoisotopic (exact) mass is 353 g/mol. The average Bonchev–Trinajstić information content (AvgIpc) is 3.28. The van der Waals surface area contributed by atoms with Gasteiger partial charge in [-0.15, -0.1) is 0 Å². The van der Waals surface area contributed by atoms with Crippen LogP contribution in [0.1, 0.15) is 5.56 Å². The smallest absolute Gasteiger partial charge is 0.318 e. The number of hydrogen-bond donors (Lipinski definition) is 3. The number of rotatable bonds is 6. The van der Waals surface area contributed by atoms with E-state index >= 15 is 0 Å². The number of aromatic amines is 1. The molecule has 7 heteroatoms. The van der Waals surface area contributed by atoms with Gasteiger partial charge in [-0.25, -0.2) is 14.3 Å². The summed E-state index contributed by atoms with van der Waals surface area (Å²) in [6.07, 6.45) is 0. The van der Waals surface area contributed by atoms with E-state index in [4.69, 9.17) is 0 Å². The molecule has 25 heavy (non-hydrogen) atoms. The minimum atomic E-state index is -0.211. The maximum absolute atomic E-state index is 12.2. The summed E-state index contributed by atoms with van der Waals surface area (Å²) in [5, 5.41) is 18.5. The van der Waals surface area contributed by atoms with E-state index < -0.39 is 0 Å². The molecule has 3 aromatic heterocycles. The minimum Gasteiger partial charge on any atom is -0.318 e. The molecule has 0 bridgehead atoms. The second-order valence-electron chi connectivity index (χ2n) is 5.92. The number of nitrogens with zero attached hydrogens (tertiary/aromatic N) is 2. The van der Waals surface area contributed by atoms with Crippen molar-refractivity contribution in [3.05, 3.63) is 57.1 Å². The first kappa shape index (κ1) is 16.0. The van der Waals surface area contributed by atoms with Crippen LogP contribution in [0.5, 0.6) is 0 Å². The largest absolute Gasteiger partial charge is 0.348 e. The number of H-pyrrole nitrogens is 1. The Kier molecular flexibility index (Phi) is 4.35. The lowest BCUT2D eigenvalue weighted by molar-refractivity contribution is 0.652. The quantitative estimate of drug-likeness (QED) is 0.465. The second kappa shape index (κ2) is 6.79. The third-order valence-electron chi connectivity index (χ3n) is 4.31. The fourth-order valence-corrected chi connectivity index (χ4v) is 3.72. The molecule has 0 unspecified atom stereocenters. The first-order valence-corrected chi connectivity index (χ1v) is 9.13. The molecule has 3 N–H and O–H groups in total. The SMILES string of the molecule is CNCCNCc1cc2n[nH]c(=O)n2c2cc(-c3ccsc3)ccc12. The van der Waals surface area contributed by atoms with Crippen molar-refractivity contribution >= 4 is 27.9 Å². The zero-order valence-corrected chi connectivity index (χ0v) is 14.7. The molecule has 0 fully saturated rings. The predicted octanol–water partition coefficient (Wildman–Crippen LogP) is 2.21. The van der Waals surface area contributed by atoms with Crippen molar-refractivity contribution in [2.24, 2.45) is 0 Å². The van der Waals surface area contributed by atoms with Gasteiger partial charge in [0.05, 0.1) is 5.52 Å². The third-order valence-corrected chi connectivity index (χ3v) is 4.99. The Bertz CT molecular complexity index is 1060. The molecule has 128 valence electrons. The van der Waals surface area contributed by atoms with Crippen molar-refractivity contribution < 1.29 is 0 Å². The van der Waals surface area contributed by atoms with Crippen molar-refractivity contribution in [3.63, 3.8) is 0 Å². The van der Waals surface area contributed by atoms with Crippen molar-refractivity contribution in [1.82, 2.24) is 25.2 Å². The molecule has 0 aliphatic carbocycles. The van der Waals surface area contributed by atoms with Gasteiger partial charge >= 0.3 is 5.69 Å². The first-order chi connectivity index (χ1) is 12.3. The van der Waals surface area contributed by atoms with Crippen LogP contribution in [0.3, 0.4) is 0 Å². The summed E-state index contributed by atoms with van der Waals surface area (Å²) in [6, 6.07) is 10.3. The number of thiophene rings is 1. The van der Waals surface area contributed by atoms with Crippen LogP contribution in [0.25, 0.3) is 27.7 Å². The lowest BCUT2D eigenvalue weighted by Crippen LogP contribution is -2.24. The Balaban J connectivity index is 1.86. The lowest BCUT2D eigenvalue weighted by Gasteiger charge is -2.11. The van der Waals surface area contributed by atoms with Gasteiger partial charge in [-0.05, 0) is 52.7 Å². The van der Waals surface area contributed by atoms with E-state index in [1.165, 1.54) is 0 Å². The summed E-state index contributed by atoms with van der Waals surface area (Å²) in [7, 11) is 1.94. The van der Waals surface area contributed by atoms with Crippen molar-refractivity contribution in [1.29, 1.82) is 0 Å². The van der Waals surface area contributed by atoms with Crippen LogP contribution in [0.4, 0.5) is 0 Å². The molecular weight excluding hydrogens is 334 g/mol. The molecule has 0 saturated heterocycles. The van der Waals surface area contributed by atoms with E-state index in [9.17, 15) is 4.79 Å². The highest BCUT2D eigenvalue weighted by molar-refractivity contribution is 7.08. The molecule has 0 radical (unpaired) electrons. The van der Waals surface area contributed by atoms with Crippen LogP contribution in [-0.4, -0.2) is 34.7 Å². The van der Waals surface area contributed by atoms with E-state index in [0.29, 0.717) is 5.65 Å². The molecule has 0 aliphatic rings. The van der Waals surface area contributed by atoms with Gasteiger partial charge < -0.3 is 10.6 Å². The number of aromatic nitrogens is 3. The van der Waals surface area contributed by atoms with Crippen LogP contribution < -0.4 is 16.3 Å². The molecule has 4 aromatic rings. The van der Waals surface area contributed by atoms with Gasteiger partial charge in [-0.3, -0.25) is 0 Å². The zero-order valence-electron chi connectivity index (χ0n) is 13.9. The standard InChI is InChI=1S/C18H19N5OS/c1-19-5-6-20-10-14-9-17-21-22-18(24)23(17)16-8-12(2-3-15(14)16)13-4-7-25-11-13/h2-4,7-9,11,19-20H,5-6,10H2,1H3,(H,22,24). The molecule has 0 amide bonds. The Morgan fingerprint density at radius 1 is 1.20 bits per heavy atom. The van der Waals surface area contributed by atoms with Gasteiger partial charge in [0.2, 0.25) is 0 Å². The lowest BCUT2D eigenvalue weighted by atomic mass is 10.0. The molecule has 0 atom stereocenters. The summed E-state index contributed by atoms with van der Waals surface area (Å²) >= 11 is 1.66. The summed E-state index contributed by atoms with van der Waals surface area (Å²) in [4.78, 5) is 12.2. The van der Waals surface area contributed by atoms with Gasteiger partial charge in [0.15, 0.2) is 5.65 Å². The maximum Gasteiger partial charge on any atom is 0.348 e. The number of nitrogens with one attached hydrogen (secondary N) is 3. The number of pyridine rings is 1. The summed E-state index contributed by atoms with van der Waals surface area (Å²) in [5.74, 6) is 0. The number of fused-ring (bicyclic) bond motifs is 3. The van der Waals surface area contributed by atoms with Gasteiger partial charge in [-0.1, -0.05) is 12.1 Å². The van der Waals surface area contributed by atoms with E-state index in [1.54, 1.807) is 15.7 Å². The number of benzene rings is 1. The van der Waals surface area contributed by atoms with Gasteiger partial charge in [0, 0.05) is 25.0 Å². The molecule has 3 heterocycles. The number of hydrogen-bond acceptors (Lipinski definition) is 5. The fourth-order valence-electron chi connectivity index (χ4n) is 3.05. The normalized spacial score (nSPS) is 11.6. The van der Waals surface area contributed by atoms with Crippen LogP contribution in [0.15, 0.2) is 45.9 Å². The van der Waals surface area contributed by atoms with Crippen LogP contribution in [0, 0.1) is 0 Å². The van der Waals surface area contributed by atoms with E-state index in [2.05, 4.69) is 55.9 Å². The highest BCUT2D eigenvalue weighted by Gasteiger charge is 2.11. The maximum atomic E-state index is 12.2. The first-order valence-electron chi connectivity index (χ1n) is 8.18. The number of likely N-dealkylation sites (N-methyl/N-ethyl adjacent to an activating group) is 1. The summed E-state index contributed by atoms with van der Waals surface area (Å²) in [6.45, 7) is 2.52. The van der Waals surface area contributed by atoms with Crippen LogP contribution in [-0.2, 0) is 6.54 Å². The Labute approximate surface area is 148 Å². The molecule has 0 aliphatic heterocycles. The average molecular weight is 353 g/mol. The molecule has 0 spiro atoms. The van der Waals surface area contributed by atoms with Crippen molar-refractivity contribution in [2.45, 2.75) is 6.54 Å². The third kappa shape index (κ3) is 2.97. The minimum absolute atomic E-state index is 0.211. The Morgan fingerprint density at radius 3 is 2.92 bits per heavy atom. The van der Waals surface area contributed by atoms with Crippen molar-refractivity contribution in [2.75, 3.05) is 20.1 Å². The van der Waals surface area contributed by atoms with Crippen molar-refractivity contribution in [3.8, 4) is 11.1 Å². The second-order valence-corrected chi connectivity index (χ2v) is 6.70. The van der Waals surface area contributed by atoms with E-state index in [0.717, 1.165) is 47.2 Å². The Morgan fingerprint density at radius 2 is 2.12 bits per heavy atom. The van der Waals surface area contributed by atoms with Crippen LogP contribution in [0.2, 0.25) is 0 Å². The molecule has 1 aromatic carbocycles. The molecule has 6 nitrogen and oxygen atoms in total. The molecule has 0 saturated carbocycles. The summed E-state index contributed by atoms with van der Waals surface area (Å²) < 4.78 is 1.64. The fraction of sp³-hybridized carbons (Fsp3) is 0.222. The Hall–Kier alpha value is -2.48. The topological polar surface area (TPSA) is 74.2 Å². The molecule has 4 rings (SSSR count). The van der Waals surface area contributed by atoms with E-state index in [-0.39, 0.29) is 5.69 Å². The highest BCUT2D eigenvalue weighted by atomic mass is 32.1. The predicted molar refractivity (Wildman–Crippen MR) is 102 cm³/mol. The van der Waals surface area contributed by atoms with Gasteiger partial charge in [-0.2, -0.15) is 16.4 Å². The molecular formula is C18H19N5OS. The van der Waals surface area contributed by atoms with Gasteiger partial charge in [0.25, 0.3) is 0 Å². The summed E-state index contributed by atoms with van der Waals surface area (Å²) in [5.41, 5.74) is 4.71. The van der Waals surface area contributed by atoms with E-state index in [1.807, 2.05) is 13.1 Å². The van der Waals surface area contributed by atoms with Gasteiger partial charge in [0.1, 0.15) is 0 Å². The zero-order chi connectivity index (χ0) is 17.2. The van der Waals surface area contributed by atoms with Crippen LogP contribution >= 0.6 is 11.3 Å². The highest BCUT2D eigenvalue weighted by Crippen LogP contribution is 2.28.